The van der Waals surface area contributed by atoms with Gasteiger partial charge < -0.3 is 20.7 Å². The summed E-state index contributed by atoms with van der Waals surface area (Å²) in [4.78, 5) is 63.4. The van der Waals surface area contributed by atoms with Crippen LogP contribution in [0, 0.1) is 5.92 Å². The fourth-order valence-corrected chi connectivity index (χ4v) is 2.56. The summed E-state index contributed by atoms with van der Waals surface area (Å²) in [6.07, 6.45) is 3.99. The lowest BCUT2D eigenvalue weighted by Gasteiger charge is -2.26. The van der Waals surface area contributed by atoms with E-state index in [9.17, 15) is 24.0 Å². The van der Waals surface area contributed by atoms with E-state index in [0.717, 1.165) is 11.0 Å². The van der Waals surface area contributed by atoms with E-state index in [-0.39, 0.29) is 24.4 Å². The Morgan fingerprint density at radius 1 is 1.27 bits per heavy atom. The van der Waals surface area contributed by atoms with Crippen molar-refractivity contribution in [2.75, 3.05) is 18.0 Å². The number of carboxylic acids is 1. The molecule has 0 saturated carbocycles. The number of carboxylic acid groups (broad SMARTS) is 1. The van der Waals surface area contributed by atoms with Crippen molar-refractivity contribution >= 4 is 29.4 Å². The topological polar surface area (TPSA) is 149 Å². The van der Waals surface area contributed by atoms with Crippen molar-refractivity contribution in [3.63, 3.8) is 0 Å². The van der Waals surface area contributed by atoms with Gasteiger partial charge in [-0.2, -0.15) is 0 Å². The molecule has 0 aliphatic heterocycles. The van der Waals surface area contributed by atoms with Crippen LogP contribution in [0.15, 0.2) is 35.3 Å². The summed E-state index contributed by atoms with van der Waals surface area (Å²) >= 11 is 0. The van der Waals surface area contributed by atoms with Crippen LogP contribution in [0.3, 0.4) is 0 Å². The van der Waals surface area contributed by atoms with Crippen LogP contribution in [0.25, 0.3) is 0 Å². The predicted molar refractivity (Wildman–Crippen MR) is 111 cm³/mol. The highest BCUT2D eigenvalue weighted by molar-refractivity contribution is 6.02. The largest absolute Gasteiger partial charge is 0.478 e. The third kappa shape index (κ3) is 8.72. The molecule has 10 heteroatoms. The number of nitrogens with one attached hydrogen (secondary N) is 3. The molecular formula is C20H28N4O6. The minimum atomic E-state index is -1.13. The lowest BCUT2D eigenvalue weighted by Crippen LogP contribution is -2.52. The third-order valence-electron chi connectivity index (χ3n) is 3.92. The molecule has 0 aromatic carbocycles. The van der Waals surface area contributed by atoms with E-state index in [2.05, 4.69) is 15.6 Å². The second-order valence-corrected chi connectivity index (χ2v) is 7.08. The summed E-state index contributed by atoms with van der Waals surface area (Å²) in [5.74, 6) is -2.50. The molecule has 0 radical (unpaired) electrons. The predicted octanol–water partition coefficient (Wildman–Crippen LogP) is 0.406. The monoisotopic (exact) mass is 420 g/mol. The van der Waals surface area contributed by atoms with E-state index in [1.807, 2.05) is 13.8 Å². The number of allylic oxidation sites excluding steroid dienone is 1. The number of hydrogen-bond donors (Lipinski definition) is 4. The molecule has 1 unspecified atom stereocenters. The van der Waals surface area contributed by atoms with Crippen molar-refractivity contribution in [2.24, 2.45) is 5.92 Å². The van der Waals surface area contributed by atoms with Crippen LogP contribution in [0.2, 0.25) is 0 Å². The Kier molecular flexibility index (Phi) is 10.0. The number of hydrogen-bond acceptors (Lipinski definition) is 5. The molecule has 0 bridgehead atoms. The van der Waals surface area contributed by atoms with Gasteiger partial charge in [-0.3, -0.25) is 24.1 Å². The van der Waals surface area contributed by atoms with Crippen LogP contribution in [0.1, 0.15) is 33.6 Å². The molecule has 1 aromatic rings. The van der Waals surface area contributed by atoms with Gasteiger partial charge in [0, 0.05) is 25.7 Å². The van der Waals surface area contributed by atoms with Gasteiger partial charge in [-0.25, -0.2) is 4.79 Å². The molecule has 1 aromatic heterocycles. The number of nitrogens with zero attached hydrogens (tertiary/aromatic N) is 1. The van der Waals surface area contributed by atoms with Crippen molar-refractivity contribution in [2.45, 2.75) is 39.7 Å². The maximum Gasteiger partial charge on any atom is 0.327 e. The van der Waals surface area contributed by atoms with E-state index in [1.165, 1.54) is 31.3 Å². The van der Waals surface area contributed by atoms with Crippen LogP contribution >= 0.6 is 0 Å². The summed E-state index contributed by atoms with van der Waals surface area (Å²) < 4.78 is 0. The minimum Gasteiger partial charge on any atom is -0.478 e. The summed E-state index contributed by atoms with van der Waals surface area (Å²) in [6, 6.07) is 1.88. The second-order valence-electron chi connectivity index (χ2n) is 7.08. The number of aliphatic carboxylic acids is 1. The average molecular weight is 420 g/mol. The Labute approximate surface area is 174 Å². The third-order valence-corrected chi connectivity index (χ3v) is 3.92. The number of rotatable bonds is 11. The van der Waals surface area contributed by atoms with Crippen molar-refractivity contribution in [3.8, 4) is 0 Å². The number of anilines is 1. The van der Waals surface area contributed by atoms with Crippen LogP contribution in [0.4, 0.5) is 5.69 Å². The van der Waals surface area contributed by atoms with Crippen LogP contribution in [0.5, 0.6) is 0 Å². The molecular weight excluding hydrogens is 392 g/mol. The van der Waals surface area contributed by atoms with Gasteiger partial charge >= 0.3 is 5.97 Å². The summed E-state index contributed by atoms with van der Waals surface area (Å²) in [5.41, 5.74) is -0.589. The fourth-order valence-electron chi connectivity index (χ4n) is 2.56. The van der Waals surface area contributed by atoms with E-state index in [0.29, 0.717) is 6.54 Å². The zero-order valence-electron chi connectivity index (χ0n) is 17.3. The minimum absolute atomic E-state index is 0.0290. The zero-order valence-corrected chi connectivity index (χ0v) is 17.3. The van der Waals surface area contributed by atoms with Crippen LogP contribution in [-0.4, -0.2) is 52.9 Å². The number of carbonyl (C=O) groups is 4. The van der Waals surface area contributed by atoms with Gasteiger partial charge in [0.15, 0.2) is 0 Å². The van der Waals surface area contributed by atoms with Gasteiger partial charge in [0.1, 0.15) is 18.3 Å². The summed E-state index contributed by atoms with van der Waals surface area (Å²) in [5, 5.41) is 13.9. The molecule has 1 rings (SSSR count). The fraction of sp³-hybridized carbons (Fsp3) is 0.450. The summed E-state index contributed by atoms with van der Waals surface area (Å²) in [7, 11) is 0. The lowest BCUT2D eigenvalue weighted by atomic mass is 10.1. The highest BCUT2D eigenvalue weighted by Crippen LogP contribution is 2.12. The molecule has 1 heterocycles. The van der Waals surface area contributed by atoms with E-state index in [1.54, 1.807) is 0 Å². The Morgan fingerprint density at radius 2 is 1.97 bits per heavy atom. The number of pyridine rings is 1. The molecule has 0 fully saturated rings. The van der Waals surface area contributed by atoms with Crippen molar-refractivity contribution in [1.82, 2.24) is 15.6 Å². The Morgan fingerprint density at radius 3 is 2.53 bits per heavy atom. The quantitative estimate of drug-likeness (QED) is 0.381. The molecule has 0 aliphatic carbocycles. The number of H-pyrrole nitrogens is 1. The number of aromatic nitrogens is 1. The van der Waals surface area contributed by atoms with Crippen molar-refractivity contribution < 1.29 is 24.3 Å². The Bertz CT molecular complexity index is 846. The van der Waals surface area contributed by atoms with Crippen LogP contribution < -0.4 is 21.1 Å². The molecule has 10 nitrogen and oxygen atoms in total. The van der Waals surface area contributed by atoms with Crippen LogP contribution in [-0.2, 0) is 19.2 Å². The summed E-state index contributed by atoms with van der Waals surface area (Å²) in [6.45, 7) is 5.08. The first kappa shape index (κ1) is 24.6. The smallest absolute Gasteiger partial charge is 0.327 e. The molecule has 4 N–H and O–H groups in total. The normalized spacial score (nSPS) is 11.9. The Balaban J connectivity index is 3.13. The maximum atomic E-state index is 13.2. The second kappa shape index (κ2) is 12.2. The molecule has 1 atom stereocenters. The molecule has 0 spiro atoms. The molecule has 30 heavy (non-hydrogen) atoms. The number of carbonyl (C=O) groups excluding carboxylic acids is 3. The Hall–Kier alpha value is -3.43. The van der Waals surface area contributed by atoms with Gasteiger partial charge in [-0.1, -0.05) is 19.9 Å². The van der Waals surface area contributed by atoms with Gasteiger partial charge in [0.2, 0.25) is 17.7 Å². The van der Waals surface area contributed by atoms with E-state index >= 15 is 0 Å². The van der Waals surface area contributed by atoms with E-state index in [4.69, 9.17) is 5.11 Å². The maximum absolute atomic E-state index is 13.2. The highest BCUT2D eigenvalue weighted by Gasteiger charge is 2.28. The standard InChI is InChI=1S/C20H28N4O6/c1-13(2)11-22-17(26)12-24(16-8-6-10-21-19(16)29)20(30)15(23-14(3)25)7-4-5-9-18(27)28/h5-6,8-10,13,15H,4,7,11-12H2,1-3H3,(H,21,29)(H,22,26)(H,23,25)(H,27,28). The first-order valence-corrected chi connectivity index (χ1v) is 9.54. The molecule has 0 saturated heterocycles. The van der Waals surface area contributed by atoms with Gasteiger partial charge in [0.05, 0.1) is 0 Å². The van der Waals surface area contributed by atoms with E-state index < -0.39 is 41.8 Å². The van der Waals surface area contributed by atoms with Gasteiger partial charge in [0.25, 0.3) is 5.56 Å². The average Bonchev–Trinajstić information content (AvgIpc) is 2.66. The lowest BCUT2D eigenvalue weighted by molar-refractivity contribution is -0.131. The SMILES string of the molecule is CC(=O)NC(CCC=CC(=O)O)C(=O)N(CC(=O)NCC(C)C)c1ccc[nH]c1=O. The number of aromatic amines is 1. The molecule has 3 amide bonds. The zero-order chi connectivity index (χ0) is 22.7. The molecule has 164 valence electrons. The van der Waals surface area contributed by atoms with Crippen molar-refractivity contribution in [1.29, 1.82) is 0 Å². The first-order chi connectivity index (χ1) is 14.1. The van der Waals surface area contributed by atoms with Crippen molar-refractivity contribution in [3.05, 3.63) is 40.8 Å². The highest BCUT2D eigenvalue weighted by atomic mass is 16.4. The number of amides is 3. The first-order valence-electron chi connectivity index (χ1n) is 9.54. The molecule has 0 aliphatic rings. The van der Waals surface area contributed by atoms with Gasteiger partial charge in [-0.05, 0) is 30.9 Å². The van der Waals surface area contributed by atoms with Gasteiger partial charge in [-0.15, -0.1) is 0 Å².